The summed E-state index contributed by atoms with van der Waals surface area (Å²) in [6.07, 6.45) is 6.26. The van der Waals surface area contributed by atoms with Crippen molar-refractivity contribution in [2.24, 2.45) is 0 Å². The Morgan fingerprint density at radius 2 is 1.93 bits per heavy atom. The van der Waals surface area contributed by atoms with Crippen LogP contribution >= 0.6 is 0 Å². The Balaban J connectivity index is 1.50. The predicted octanol–water partition coefficient (Wildman–Crippen LogP) is 2.18. The SMILES string of the molecule is COc1cc2c(cc1OC)CC(=O)N(CCCN(C)CCc1cnco1)CC2. The number of hydrogen-bond acceptors (Lipinski definition) is 6. The third-order valence-electron chi connectivity index (χ3n) is 5.24. The molecule has 1 amide bonds. The molecule has 0 radical (unpaired) electrons. The van der Waals surface area contributed by atoms with E-state index in [1.165, 1.54) is 6.39 Å². The summed E-state index contributed by atoms with van der Waals surface area (Å²) in [4.78, 5) is 20.9. The molecule has 1 aromatic heterocycles. The molecule has 3 rings (SSSR count). The molecule has 152 valence electrons. The number of rotatable bonds is 9. The summed E-state index contributed by atoms with van der Waals surface area (Å²) in [5, 5.41) is 0. The molecule has 2 heterocycles. The highest BCUT2D eigenvalue weighted by molar-refractivity contribution is 5.80. The Bertz CT molecular complexity index is 776. The van der Waals surface area contributed by atoms with Crippen LogP contribution in [0.2, 0.25) is 0 Å². The molecule has 0 saturated carbocycles. The van der Waals surface area contributed by atoms with Crippen LogP contribution < -0.4 is 9.47 Å². The number of benzene rings is 1. The van der Waals surface area contributed by atoms with Crippen LogP contribution in [-0.2, 0) is 24.1 Å². The minimum atomic E-state index is 0.176. The van der Waals surface area contributed by atoms with Crippen molar-refractivity contribution in [2.75, 3.05) is 47.4 Å². The van der Waals surface area contributed by atoms with Gasteiger partial charge in [0.25, 0.3) is 0 Å². The first kappa shape index (κ1) is 20.2. The number of nitrogens with zero attached hydrogens (tertiary/aromatic N) is 3. The molecule has 0 unspecified atom stereocenters. The second-order valence-electron chi connectivity index (χ2n) is 7.16. The van der Waals surface area contributed by atoms with Gasteiger partial charge in [-0.2, -0.15) is 0 Å². The highest BCUT2D eigenvalue weighted by Gasteiger charge is 2.22. The fourth-order valence-electron chi connectivity index (χ4n) is 3.56. The summed E-state index contributed by atoms with van der Waals surface area (Å²) in [6, 6.07) is 3.94. The number of amides is 1. The van der Waals surface area contributed by atoms with E-state index in [0.29, 0.717) is 12.2 Å². The standard InChI is InChI=1S/C21H29N3O4/c1-23(9-6-18-14-22-15-28-18)7-4-8-24-10-5-16-11-19(26-2)20(27-3)12-17(16)13-21(24)25/h11-12,14-15H,4-10,13H2,1-3H3. The fraction of sp³-hybridized carbons (Fsp3) is 0.524. The van der Waals surface area contributed by atoms with Crippen molar-refractivity contribution >= 4 is 5.91 Å². The van der Waals surface area contributed by atoms with Crippen molar-refractivity contribution in [1.82, 2.24) is 14.8 Å². The highest BCUT2D eigenvalue weighted by atomic mass is 16.5. The average molecular weight is 387 g/mol. The maximum absolute atomic E-state index is 12.7. The lowest BCUT2D eigenvalue weighted by Crippen LogP contribution is -2.35. The van der Waals surface area contributed by atoms with Gasteiger partial charge in [-0.3, -0.25) is 4.79 Å². The fourth-order valence-corrected chi connectivity index (χ4v) is 3.56. The Morgan fingerprint density at radius 3 is 2.61 bits per heavy atom. The molecular formula is C21H29N3O4. The first-order chi connectivity index (χ1) is 13.6. The highest BCUT2D eigenvalue weighted by Crippen LogP contribution is 2.32. The van der Waals surface area contributed by atoms with Crippen molar-refractivity contribution in [3.05, 3.63) is 41.6 Å². The van der Waals surface area contributed by atoms with Gasteiger partial charge in [-0.15, -0.1) is 0 Å². The second kappa shape index (κ2) is 9.59. The maximum atomic E-state index is 12.7. The van der Waals surface area contributed by atoms with Crippen molar-refractivity contribution in [1.29, 1.82) is 0 Å². The van der Waals surface area contributed by atoms with E-state index in [2.05, 4.69) is 16.9 Å². The number of carbonyl (C=O) groups is 1. The van der Waals surface area contributed by atoms with Crippen molar-refractivity contribution < 1.29 is 18.7 Å². The first-order valence-electron chi connectivity index (χ1n) is 9.68. The van der Waals surface area contributed by atoms with E-state index in [9.17, 15) is 4.79 Å². The molecule has 0 spiro atoms. The van der Waals surface area contributed by atoms with Gasteiger partial charge in [0.05, 0.1) is 26.8 Å². The van der Waals surface area contributed by atoms with Crippen LogP contribution in [-0.4, -0.2) is 68.1 Å². The Morgan fingerprint density at radius 1 is 1.18 bits per heavy atom. The molecule has 7 heteroatoms. The molecule has 0 fully saturated rings. The van der Waals surface area contributed by atoms with E-state index in [-0.39, 0.29) is 5.91 Å². The zero-order valence-electron chi connectivity index (χ0n) is 16.9. The summed E-state index contributed by atoms with van der Waals surface area (Å²) in [5.74, 6) is 2.47. The first-order valence-corrected chi connectivity index (χ1v) is 9.68. The van der Waals surface area contributed by atoms with Crippen molar-refractivity contribution in [2.45, 2.75) is 25.7 Å². The maximum Gasteiger partial charge on any atom is 0.227 e. The van der Waals surface area contributed by atoms with Crippen LogP contribution in [0.25, 0.3) is 0 Å². The van der Waals surface area contributed by atoms with Crippen molar-refractivity contribution in [3.8, 4) is 11.5 Å². The number of aromatic nitrogens is 1. The Labute approximate surface area is 166 Å². The van der Waals surface area contributed by atoms with E-state index in [0.717, 1.165) is 68.1 Å². The molecule has 1 aliphatic heterocycles. The molecule has 0 aliphatic carbocycles. The van der Waals surface area contributed by atoms with Crippen LogP contribution in [0.3, 0.4) is 0 Å². The topological polar surface area (TPSA) is 68.0 Å². The molecule has 28 heavy (non-hydrogen) atoms. The molecule has 0 N–H and O–H groups in total. The zero-order chi connectivity index (χ0) is 19.9. The summed E-state index contributed by atoms with van der Waals surface area (Å²) in [7, 11) is 5.35. The summed E-state index contributed by atoms with van der Waals surface area (Å²) in [5.41, 5.74) is 2.20. The molecule has 0 saturated heterocycles. The van der Waals surface area contributed by atoms with Gasteiger partial charge >= 0.3 is 0 Å². The van der Waals surface area contributed by atoms with Crippen LogP contribution in [0.15, 0.2) is 29.1 Å². The van der Waals surface area contributed by atoms with E-state index < -0.39 is 0 Å². The third-order valence-corrected chi connectivity index (χ3v) is 5.24. The van der Waals surface area contributed by atoms with Gasteiger partial charge in [0.15, 0.2) is 17.9 Å². The number of methoxy groups -OCH3 is 2. The quantitative estimate of drug-likeness (QED) is 0.657. The monoisotopic (exact) mass is 387 g/mol. The number of carbonyl (C=O) groups excluding carboxylic acids is 1. The summed E-state index contributed by atoms with van der Waals surface area (Å²) in [6.45, 7) is 3.36. The predicted molar refractivity (Wildman–Crippen MR) is 106 cm³/mol. The van der Waals surface area contributed by atoms with Crippen LogP contribution in [0.1, 0.15) is 23.3 Å². The number of oxazole rings is 1. The number of hydrogen-bond donors (Lipinski definition) is 0. The lowest BCUT2D eigenvalue weighted by molar-refractivity contribution is -0.130. The van der Waals surface area contributed by atoms with Gasteiger partial charge in [0, 0.05) is 26.1 Å². The largest absolute Gasteiger partial charge is 0.493 e. The summed E-state index contributed by atoms with van der Waals surface area (Å²) < 4.78 is 16.0. The normalized spacial score (nSPS) is 14.1. The Kier molecular flexibility index (Phi) is 6.92. The molecule has 7 nitrogen and oxygen atoms in total. The average Bonchev–Trinajstić information content (AvgIpc) is 3.17. The van der Waals surface area contributed by atoms with E-state index in [1.54, 1.807) is 20.4 Å². The van der Waals surface area contributed by atoms with Gasteiger partial charge in [0.1, 0.15) is 5.76 Å². The molecule has 2 aromatic rings. The second-order valence-corrected chi connectivity index (χ2v) is 7.16. The van der Waals surface area contributed by atoms with E-state index >= 15 is 0 Å². The van der Waals surface area contributed by atoms with Crippen LogP contribution in [0.5, 0.6) is 11.5 Å². The van der Waals surface area contributed by atoms with Gasteiger partial charge in [-0.05, 0) is 49.7 Å². The summed E-state index contributed by atoms with van der Waals surface area (Å²) >= 11 is 0. The molecule has 0 bridgehead atoms. The zero-order valence-corrected chi connectivity index (χ0v) is 16.9. The van der Waals surface area contributed by atoms with Crippen molar-refractivity contribution in [3.63, 3.8) is 0 Å². The van der Waals surface area contributed by atoms with E-state index in [4.69, 9.17) is 13.9 Å². The van der Waals surface area contributed by atoms with E-state index in [1.807, 2.05) is 17.0 Å². The number of fused-ring (bicyclic) bond motifs is 1. The molecular weight excluding hydrogens is 358 g/mol. The third kappa shape index (κ3) is 5.04. The Hall–Kier alpha value is -2.54. The smallest absolute Gasteiger partial charge is 0.227 e. The number of likely N-dealkylation sites (N-methyl/N-ethyl adjacent to an activating group) is 1. The number of ether oxygens (including phenoxy) is 2. The lowest BCUT2D eigenvalue weighted by atomic mass is 10.0. The lowest BCUT2D eigenvalue weighted by Gasteiger charge is -2.22. The van der Waals surface area contributed by atoms with Gasteiger partial charge < -0.3 is 23.7 Å². The minimum absolute atomic E-state index is 0.176. The molecule has 0 atom stereocenters. The van der Waals surface area contributed by atoms with Gasteiger partial charge in [0.2, 0.25) is 5.91 Å². The minimum Gasteiger partial charge on any atom is -0.493 e. The van der Waals surface area contributed by atoms with Crippen LogP contribution in [0, 0.1) is 0 Å². The molecule has 1 aliphatic rings. The van der Waals surface area contributed by atoms with Gasteiger partial charge in [-0.1, -0.05) is 0 Å². The van der Waals surface area contributed by atoms with Gasteiger partial charge in [-0.25, -0.2) is 4.98 Å². The van der Waals surface area contributed by atoms with Crippen LogP contribution in [0.4, 0.5) is 0 Å². The molecule has 1 aromatic carbocycles.